The molecule has 0 aliphatic heterocycles. The maximum Gasteiger partial charge on any atom is 0.254 e. The van der Waals surface area contributed by atoms with E-state index >= 15 is 0 Å². The summed E-state index contributed by atoms with van der Waals surface area (Å²) in [5.74, 6) is -0.289. The molecule has 0 spiro atoms. The fourth-order valence-corrected chi connectivity index (χ4v) is 2.59. The van der Waals surface area contributed by atoms with Crippen molar-refractivity contribution >= 4 is 17.5 Å². The standard InChI is InChI=1S/C15H23ClN2O2/c1-9-6-10(2)17-13(16)12(9)14(20)18-11(8-19)7-15(3,4)5/h6,11,19H,7-8H2,1-5H3,(H,18,20). The van der Waals surface area contributed by atoms with E-state index in [0.717, 1.165) is 11.3 Å². The first kappa shape index (κ1) is 16.9. The predicted molar refractivity (Wildman–Crippen MR) is 81.1 cm³/mol. The summed E-state index contributed by atoms with van der Waals surface area (Å²) in [6, 6.07) is 1.53. The third kappa shape index (κ3) is 4.76. The van der Waals surface area contributed by atoms with E-state index in [0.29, 0.717) is 12.0 Å². The quantitative estimate of drug-likeness (QED) is 0.840. The number of carbonyl (C=O) groups is 1. The number of nitrogens with one attached hydrogen (secondary N) is 1. The van der Waals surface area contributed by atoms with E-state index in [2.05, 4.69) is 31.1 Å². The summed E-state index contributed by atoms with van der Waals surface area (Å²) in [5.41, 5.74) is 1.96. The van der Waals surface area contributed by atoms with Gasteiger partial charge in [-0.3, -0.25) is 4.79 Å². The number of nitrogens with zero attached hydrogens (tertiary/aromatic N) is 1. The van der Waals surface area contributed by atoms with Crippen molar-refractivity contribution in [1.29, 1.82) is 0 Å². The number of aliphatic hydroxyl groups is 1. The van der Waals surface area contributed by atoms with Crippen LogP contribution in [0.2, 0.25) is 5.15 Å². The van der Waals surface area contributed by atoms with Crippen molar-refractivity contribution in [3.63, 3.8) is 0 Å². The molecule has 0 aliphatic carbocycles. The maximum atomic E-state index is 12.3. The fraction of sp³-hybridized carbons (Fsp3) is 0.600. The van der Waals surface area contributed by atoms with Gasteiger partial charge in [0.2, 0.25) is 0 Å². The Bertz CT molecular complexity index is 472. The van der Waals surface area contributed by atoms with Crippen molar-refractivity contribution in [3.8, 4) is 0 Å². The van der Waals surface area contributed by atoms with Crippen LogP contribution in [0, 0.1) is 19.3 Å². The molecule has 2 N–H and O–H groups in total. The lowest BCUT2D eigenvalue weighted by Gasteiger charge is -2.25. The average Bonchev–Trinajstić information content (AvgIpc) is 2.24. The molecule has 0 aromatic carbocycles. The zero-order chi connectivity index (χ0) is 15.5. The molecule has 1 aromatic heterocycles. The summed E-state index contributed by atoms with van der Waals surface area (Å²) >= 11 is 6.05. The summed E-state index contributed by atoms with van der Waals surface area (Å²) in [4.78, 5) is 16.4. The normalized spacial score (nSPS) is 13.2. The lowest BCUT2D eigenvalue weighted by Crippen LogP contribution is -2.40. The zero-order valence-corrected chi connectivity index (χ0v) is 13.5. The van der Waals surface area contributed by atoms with Crippen LogP contribution in [-0.4, -0.2) is 28.6 Å². The van der Waals surface area contributed by atoms with Gasteiger partial charge in [0.1, 0.15) is 5.15 Å². The number of hydrogen-bond donors (Lipinski definition) is 2. The van der Waals surface area contributed by atoms with E-state index < -0.39 is 0 Å². The topological polar surface area (TPSA) is 62.2 Å². The van der Waals surface area contributed by atoms with E-state index in [1.165, 1.54) is 0 Å². The van der Waals surface area contributed by atoms with E-state index in [1.807, 2.05) is 19.9 Å². The van der Waals surface area contributed by atoms with Gasteiger partial charge in [0.05, 0.1) is 18.2 Å². The summed E-state index contributed by atoms with van der Waals surface area (Å²) in [6.45, 7) is 9.75. The maximum absolute atomic E-state index is 12.3. The van der Waals surface area contributed by atoms with Crippen molar-refractivity contribution in [2.75, 3.05) is 6.61 Å². The Hall–Kier alpha value is -1.13. The van der Waals surface area contributed by atoms with Crippen LogP contribution in [0.3, 0.4) is 0 Å². The molecule has 0 bridgehead atoms. The predicted octanol–water partition coefficient (Wildman–Crippen LogP) is 2.88. The lowest BCUT2D eigenvalue weighted by molar-refractivity contribution is 0.0897. The molecule has 0 radical (unpaired) electrons. The largest absolute Gasteiger partial charge is 0.394 e. The zero-order valence-electron chi connectivity index (χ0n) is 12.7. The highest BCUT2D eigenvalue weighted by Crippen LogP contribution is 2.22. The van der Waals surface area contributed by atoms with Crippen LogP contribution in [0.5, 0.6) is 0 Å². The van der Waals surface area contributed by atoms with Crippen molar-refractivity contribution in [2.24, 2.45) is 5.41 Å². The van der Waals surface area contributed by atoms with Gasteiger partial charge in [0.15, 0.2) is 0 Å². The molecule has 0 saturated carbocycles. The summed E-state index contributed by atoms with van der Waals surface area (Å²) in [7, 11) is 0. The Morgan fingerprint density at radius 1 is 1.45 bits per heavy atom. The Labute approximate surface area is 125 Å². The van der Waals surface area contributed by atoms with Crippen LogP contribution < -0.4 is 5.32 Å². The highest BCUT2D eigenvalue weighted by atomic mass is 35.5. The highest BCUT2D eigenvalue weighted by Gasteiger charge is 2.22. The summed E-state index contributed by atoms with van der Waals surface area (Å²) < 4.78 is 0. The van der Waals surface area contributed by atoms with Gasteiger partial charge in [0.25, 0.3) is 5.91 Å². The van der Waals surface area contributed by atoms with Gasteiger partial charge in [-0.25, -0.2) is 4.98 Å². The van der Waals surface area contributed by atoms with Crippen molar-refractivity contribution in [1.82, 2.24) is 10.3 Å². The highest BCUT2D eigenvalue weighted by molar-refractivity contribution is 6.32. The van der Waals surface area contributed by atoms with Crippen LogP contribution in [0.4, 0.5) is 0 Å². The molecule has 1 amide bonds. The molecule has 1 atom stereocenters. The van der Waals surface area contributed by atoms with Crippen LogP contribution in [0.15, 0.2) is 6.07 Å². The number of aromatic nitrogens is 1. The molecule has 112 valence electrons. The minimum Gasteiger partial charge on any atom is -0.394 e. The van der Waals surface area contributed by atoms with Gasteiger partial charge < -0.3 is 10.4 Å². The number of carbonyl (C=O) groups excluding carboxylic acids is 1. The second-order valence-corrected chi connectivity index (χ2v) is 6.72. The van der Waals surface area contributed by atoms with Gasteiger partial charge in [0, 0.05) is 5.69 Å². The Kier molecular flexibility index (Phi) is 5.54. The Balaban J connectivity index is 2.91. The number of aryl methyl sites for hydroxylation is 2. The molecule has 1 aromatic rings. The van der Waals surface area contributed by atoms with Crippen LogP contribution in [0.25, 0.3) is 0 Å². The van der Waals surface area contributed by atoms with Gasteiger partial charge in [-0.1, -0.05) is 32.4 Å². The molecular weight excluding hydrogens is 276 g/mol. The smallest absolute Gasteiger partial charge is 0.254 e. The van der Waals surface area contributed by atoms with Crippen LogP contribution in [0.1, 0.15) is 48.8 Å². The molecule has 4 nitrogen and oxygen atoms in total. The van der Waals surface area contributed by atoms with Gasteiger partial charge in [-0.15, -0.1) is 0 Å². The van der Waals surface area contributed by atoms with E-state index in [9.17, 15) is 9.90 Å². The number of rotatable bonds is 4. The van der Waals surface area contributed by atoms with Gasteiger partial charge in [-0.2, -0.15) is 0 Å². The van der Waals surface area contributed by atoms with Crippen LogP contribution in [-0.2, 0) is 0 Å². The van der Waals surface area contributed by atoms with E-state index in [-0.39, 0.29) is 29.1 Å². The third-order valence-electron chi connectivity index (χ3n) is 2.94. The lowest BCUT2D eigenvalue weighted by atomic mass is 9.88. The number of amides is 1. The first-order chi connectivity index (χ1) is 9.14. The van der Waals surface area contributed by atoms with Gasteiger partial charge >= 0.3 is 0 Å². The molecule has 1 unspecified atom stereocenters. The first-order valence-electron chi connectivity index (χ1n) is 6.69. The first-order valence-corrected chi connectivity index (χ1v) is 7.07. The number of pyridine rings is 1. The van der Waals surface area contributed by atoms with Crippen molar-refractivity contribution in [3.05, 3.63) is 28.0 Å². The van der Waals surface area contributed by atoms with E-state index in [4.69, 9.17) is 11.6 Å². The molecule has 5 heteroatoms. The number of hydrogen-bond acceptors (Lipinski definition) is 3. The molecule has 1 heterocycles. The fourth-order valence-electron chi connectivity index (χ4n) is 2.22. The monoisotopic (exact) mass is 298 g/mol. The molecule has 0 aliphatic rings. The number of halogens is 1. The summed E-state index contributed by atoms with van der Waals surface area (Å²) in [6.07, 6.45) is 0.686. The van der Waals surface area contributed by atoms with Crippen molar-refractivity contribution < 1.29 is 9.90 Å². The minimum absolute atomic E-state index is 0.0189. The molecular formula is C15H23ClN2O2. The summed E-state index contributed by atoms with van der Waals surface area (Å²) in [5, 5.41) is 12.4. The number of aliphatic hydroxyl groups excluding tert-OH is 1. The Morgan fingerprint density at radius 2 is 2.05 bits per heavy atom. The molecule has 1 rings (SSSR count). The van der Waals surface area contributed by atoms with Crippen LogP contribution >= 0.6 is 11.6 Å². The average molecular weight is 299 g/mol. The van der Waals surface area contributed by atoms with Crippen molar-refractivity contribution in [2.45, 2.75) is 47.1 Å². The molecule has 20 heavy (non-hydrogen) atoms. The Morgan fingerprint density at radius 3 is 2.50 bits per heavy atom. The van der Waals surface area contributed by atoms with E-state index in [1.54, 1.807) is 0 Å². The minimum atomic E-state index is -0.292. The second-order valence-electron chi connectivity index (χ2n) is 6.36. The molecule has 0 saturated heterocycles. The second kappa shape index (κ2) is 6.55. The third-order valence-corrected chi connectivity index (χ3v) is 3.22. The van der Waals surface area contributed by atoms with Gasteiger partial charge in [-0.05, 0) is 37.3 Å². The molecule has 0 fully saturated rings. The SMILES string of the molecule is Cc1cc(C)c(C(=O)NC(CO)CC(C)(C)C)c(Cl)n1.